The first-order valence-corrected chi connectivity index (χ1v) is 9.08. The molecular formula is C17H12FN3OS2. The highest BCUT2D eigenvalue weighted by molar-refractivity contribution is 7.98. The molecule has 0 saturated heterocycles. The molecule has 0 fully saturated rings. The van der Waals surface area contributed by atoms with Crippen molar-refractivity contribution in [3.05, 3.63) is 71.6 Å². The first-order valence-electron chi connectivity index (χ1n) is 7.21. The summed E-state index contributed by atoms with van der Waals surface area (Å²) in [5.41, 5.74) is 2.02. The SMILES string of the molecule is Fc1ccc(CSc2nnc(-c3sccc3-n3cccc3)o2)cc1. The molecule has 24 heavy (non-hydrogen) atoms. The maximum absolute atomic E-state index is 12.9. The van der Waals surface area contributed by atoms with Gasteiger partial charge in [-0.3, -0.25) is 0 Å². The Morgan fingerprint density at radius 1 is 1.08 bits per heavy atom. The van der Waals surface area contributed by atoms with Gasteiger partial charge in [-0.25, -0.2) is 4.39 Å². The molecule has 0 unspecified atom stereocenters. The van der Waals surface area contributed by atoms with Crippen molar-refractivity contribution in [1.82, 2.24) is 14.8 Å². The number of halogens is 1. The van der Waals surface area contributed by atoms with Crippen molar-refractivity contribution in [2.75, 3.05) is 0 Å². The summed E-state index contributed by atoms with van der Waals surface area (Å²) in [6.07, 6.45) is 3.96. The first-order chi connectivity index (χ1) is 11.8. The zero-order valence-electron chi connectivity index (χ0n) is 12.4. The van der Waals surface area contributed by atoms with Gasteiger partial charge in [0.05, 0.1) is 5.69 Å². The van der Waals surface area contributed by atoms with Crippen LogP contribution in [0.15, 0.2) is 69.9 Å². The molecule has 4 rings (SSSR count). The lowest BCUT2D eigenvalue weighted by Gasteiger charge is -2.01. The summed E-state index contributed by atoms with van der Waals surface area (Å²) in [4.78, 5) is 0.937. The van der Waals surface area contributed by atoms with Crippen LogP contribution in [0.1, 0.15) is 5.56 Å². The number of thioether (sulfide) groups is 1. The molecule has 0 saturated carbocycles. The van der Waals surface area contributed by atoms with Gasteiger partial charge in [-0.15, -0.1) is 21.5 Å². The normalized spacial score (nSPS) is 11.0. The van der Waals surface area contributed by atoms with Gasteiger partial charge in [0.25, 0.3) is 11.1 Å². The van der Waals surface area contributed by atoms with E-state index in [2.05, 4.69) is 10.2 Å². The average molecular weight is 357 g/mol. The van der Waals surface area contributed by atoms with Crippen molar-refractivity contribution in [3.63, 3.8) is 0 Å². The smallest absolute Gasteiger partial charge is 0.277 e. The summed E-state index contributed by atoms with van der Waals surface area (Å²) in [5.74, 6) is 0.922. The Balaban J connectivity index is 1.51. The van der Waals surface area contributed by atoms with Crippen LogP contribution >= 0.6 is 23.1 Å². The molecule has 3 heterocycles. The minimum atomic E-state index is -0.237. The van der Waals surface area contributed by atoms with E-state index in [1.54, 1.807) is 23.5 Å². The van der Waals surface area contributed by atoms with E-state index in [-0.39, 0.29) is 5.82 Å². The van der Waals surface area contributed by atoms with E-state index in [0.717, 1.165) is 16.1 Å². The van der Waals surface area contributed by atoms with Gasteiger partial charge in [0.2, 0.25) is 0 Å². The van der Waals surface area contributed by atoms with Crippen LogP contribution in [0.4, 0.5) is 4.39 Å². The molecule has 0 radical (unpaired) electrons. The predicted octanol–water partition coefficient (Wildman–Crippen LogP) is 5.02. The van der Waals surface area contributed by atoms with Crippen LogP contribution in [-0.4, -0.2) is 14.8 Å². The van der Waals surface area contributed by atoms with Gasteiger partial charge < -0.3 is 8.98 Å². The van der Waals surface area contributed by atoms with Crippen molar-refractivity contribution in [3.8, 4) is 16.5 Å². The second-order valence-corrected chi connectivity index (χ2v) is 6.86. The quantitative estimate of drug-likeness (QED) is 0.470. The molecule has 7 heteroatoms. The molecule has 1 aromatic carbocycles. The fourth-order valence-electron chi connectivity index (χ4n) is 2.25. The summed E-state index contributed by atoms with van der Waals surface area (Å²) in [5, 5.41) is 10.8. The molecule has 0 aliphatic carbocycles. The Morgan fingerprint density at radius 2 is 1.88 bits per heavy atom. The molecule has 4 nitrogen and oxygen atoms in total. The van der Waals surface area contributed by atoms with Crippen LogP contribution in [0.2, 0.25) is 0 Å². The molecule has 0 N–H and O–H groups in total. The molecule has 0 amide bonds. The van der Waals surface area contributed by atoms with Gasteiger partial charge in [-0.2, -0.15) is 0 Å². The minimum absolute atomic E-state index is 0.237. The highest BCUT2D eigenvalue weighted by Gasteiger charge is 2.15. The van der Waals surface area contributed by atoms with Gasteiger partial charge in [-0.1, -0.05) is 23.9 Å². The van der Waals surface area contributed by atoms with Crippen LogP contribution in [-0.2, 0) is 5.75 Å². The van der Waals surface area contributed by atoms with E-state index >= 15 is 0 Å². The summed E-state index contributed by atoms with van der Waals surface area (Å²) in [7, 11) is 0. The highest BCUT2D eigenvalue weighted by atomic mass is 32.2. The van der Waals surface area contributed by atoms with Gasteiger partial charge in [-0.05, 0) is 41.3 Å². The van der Waals surface area contributed by atoms with Gasteiger partial charge in [0, 0.05) is 18.1 Å². The van der Waals surface area contributed by atoms with Crippen molar-refractivity contribution < 1.29 is 8.81 Å². The largest absolute Gasteiger partial charge is 0.410 e. The predicted molar refractivity (Wildman–Crippen MR) is 92.9 cm³/mol. The standard InChI is InChI=1S/C17H12FN3OS2/c18-13-5-3-12(4-6-13)11-24-17-20-19-16(22-17)15-14(7-10-23-15)21-8-1-2-9-21/h1-10H,11H2. The molecule has 0 spiro atoms. The van der Waals surface area contributed by atoms with Gasteiger partial charge in [0.1, 0.15) is 10.7 Å². The fourth-order valence-corrected chi connectivity index (χ4v) is 3.78. The molecule has 0 atom stereocenters. The monoisotopic (exact) mass is 357 g/mol. The van der Waals surface area contributed by atoms with E-state index < -0.39 is 0 Å². The van der Waals surface area contributed by atoms with Crippen LogP contribution < -0.4 is 0 Å². The lowest BCUT2D eigenvalue weighted by molar-refractivity contribution is 0.466. The third kappa shape index (κ3) is 3.13. The lowest BCUT2D eigenvalue weighted by Crippen LogP contribution is -1.89. The van der Waals surface area contributed by atoms with E-state index in [0.29, 0.717) is 16.9 Å². The summed E-state index contributed by atoms with van der Waals surface area (Å²) >= 11 is 3.00. The maximum atomic E-state index is 12.9. The zero-order chi connectivity index (χ0) is 16.4. The molecule has 120 valence electrons. The molecule has 0 aliphatic heterocycles. The van der Waals surface area contributed by atoms with E-state index in [4.69, 9.17) is 4.42 Å². The number of benzene rings is 1. The van der Waals surface area contributed by atoms with E-state index in [1.165, 1.54) is 23.9 Å². The zero-order valence-corrected chi connectivity index (χ0v) is 14.1. The maximum Gasteiger partial charge on any atom is 0.277 e. The highest BCUT2D eigenvalue weighted by Crippen LogP contribution is 2.33. The number of hydrogen-bond acceptors (Lipinski definition) is 5. The second kappa shape index (κ2) is 6.62. The number of thiophene rings is 1. The number of hydrogen-bond donors (Lipinski definition) is 0. The van der Waals surface area contributed by atoms with Crippen LogP contribution in [0.3, 0.4) is 0 Å². The van der Waals surface area contributed by atoms with Crippen LogP contribution in [0.25, 0.3) is 16.5 Å². The Hall–Kier alpha value is -2.38. The van der Waals surface area contributed by atoms with Crippen molar-refractivity contribution in [1.29, 1.82) is 0 Å². The molecule has 0 bridgehead atoms. The average Bonchev–Trinajstić information content (AvgIpc) is 3.33. The van der Waals surface area contributed by atoms with Crippen LogP contribution in [0, 0.1) is 5.82 Å². The number of nitrogens with zero attached hydrogens (tertiary/aromatic N) is 3. The van der Waals surface area contributed by atoms with Crippen molar-refractivity contribution in [2.24, 2.45) is 0 Å². The topological polar surface area (TPSA) is 43.9 Å². The first kappa shape index (κ1) is 15.2. The minimum Gasteiger partial charge on any atom is -0.410 e. The molecular weight excluding hydrogens is 345 g/mol. The summed E-state index contributed by atoms with van der Waals surface area (Å²) < 4.78 is 20.7. The summed E-state index contributed by atoms with van der Waals surface area (Å²) in [6, 6.07) is 12.4. The van der Waals surface area contributed by atoms with Crippen molar-refractivity contribution in [2.45, 2.75) is 11.0 Å². The Kier molecular flexibility index (Phi) is 4.18. The number of rotatable bonds is 5. The molecule has 4 aromatic rings. The van der Waals surface area contributed by atoms with Crippen LogP contribution in [0.5, 0.6) is 0 Å². The summed E-state index contributed by atoms with van der Waals surface area (Å²) in [6.45, 7) is 0. The van der Waals surface area contributed by atoms with Crippen molar-refractivity contribution >= 4 is 23.1 Å². The fraction of sp³-hybridized carbons (Fsp3) is 0.0588. The van der Waals surface area contributed by atoms with E-state index in [1.807, 2.05) is 40.5 Å². The van der Waals surface area contributed by atoms with Gasteiger partial charge >= 0.3 is 0 Å². The molecule has 0 aliphatic rings. The molecule has 3 aromatic heterocycles. The van der Waals surface area contributed by atoms with E-state index in [9.17, 15) is 4.39 Å². The second-order valence-electron chi connectivity index (χ2n) is 5.01. The number of aromatic nitrogens is 3. The Labute approximate surface area is 146 Å². The third-order valence-corrected chi connectivity index (χ3v) is 5.18. The Bertz CT molecular complexity index is 929. The third-order valence-electron chi connectivity index (χ3n) is 3.40. The van der Waals surface area contributed by atoms with Gasteiger partial charge in [0.15, 0.2) is 0 Å². The Morgan fingerprint density at radius 3 is 2.67 bits per heavy atom. The lowest BCUT2D eigenvalue weighted by atomic mass is 10.2.